The largest absolute Gasteiger partial charge is 0.481 e. The van der Waals surface area contributed by atoms with Gasteiger partial charge < -0.3 is 14.6 Å². The molecule has 5 nitrogen and oxygen atoms in total. The van der Waals surface area contributed by atoms with Crippen molar-refractivity contribution in [3.63, 3.8) is 0 Å². The fourth-order valence-electron chi connectivity index (χ4n) is 5.55. The Bertz CT molecular complexity index is 663. The standard InChI is InChI=1S/C21H30O5/c1-13-8-11-21(19(23)24)14(2)6-5-7-16(21)20(13,3)10-9-15-12-17(25-4)26-18(15)22/h6,12-13,16-17H,5,7-11H2,1-4H3,(H,23,24)/t13-,16+,17?,20-,21-/m1/s1. The number of aliphatic carboxylic acids is 1. The van der Waals surface area contributed by atoms with Crippen LogP contribution in [0.2, 0.25) is 0 Å². The first-order valence-corrected chi connectivity index (χ1v) is 9.61. The minimum atomic E-state index is -0.751. The van der Waals surface area contributed by atoms with E-state index in [1.807, 2.05) is 6.92 Å². The number of hydrogen-bond donors (Lipinski definition) is 1. The van der Waals surface area contributed by atoms with E-state index in [2.05, 4.69) is 19.9 Å². The lowest BCUT2D eigenvalue weighted by atomic mass is 9.46. The van der Waals surface area contributed by atoms with Crippen molar-refractivity contribution in [3.8, 4) is 0 Å². The van der Waals surface area contributed by atoms with Crippen molar-refractivity contribution in [3.05, 3.63) is 23.3 Å². The molecule has 1 heterocycles. The smallest absolute Gasteiger partial charge is 0.336 e. The maximum absolute atomic E-state index is 12.4. The lowest BCUT2D eigenvalue weighted by molar-refractivity contribution is -0.162. The monoisotopic (exact) mass is 362 g/mol. The first-order chi connectivity index (χ1) is 12.3. The summed E-state index contributed by atoms with van der Waals surface area (Å²) >= 11 is 0. The molecule has 1 unspecified atom stereocenters. The number of carbonyl (C=O) groups excluding carboxylic acids is 1. The minimum Gasteiger partial charge on any atom is -0.481 e. The van der Waals surface area contributed by atoms with Gasteiger partial charge in [0.25, 0.3) is 0 Å². The molecule has 1 saturated carbocycles. The van der Waals surface area contributed by atoms with E-state index in [-0.39, 0.29) is 17.3 Å². The van der Waals surface area contributed by atoms with Crippen LogP contribution in [0.25, 0.3) is 0 Å². The molecule has 1 N–H and O–H groups in total. The normalized spacial score (nSPS) is 39.7. The molecule has 3 aliphatic rings. The van der Waals surface area contributed by atoms with Gasteiger partial charge in [-0.2, -0.15) is 0 Å². The zero-order chi connectivity index (χ0) is 19.1. The lowest BCUT2D eigenvalue weighted by Crippen LogP contribution is -2.54. The summed E-state index contributed by atoms with van der Waals surface area (Å²) in [6.45, 7) is 6.45. The molecule has 144 valence electrons. The molecule has 0 aromatic rings. The zero-order valence-electron chi connectivity index (χ0n) is 16.2. The fraction of sp³-hybridized carbons (Fsp3) is 0.714. The van der Waals surface area contributed by atoms with E-state index < -0.39 is 17.7 Å². The number of fused-ring (bicyclic) bond motifs is 1. The third-order valence-electron chi connectivity index (χ3n) is 7.47. The Labute approximate surface area is 155 Å². The Morgan fingerprint density at radius 3 is 2.77 bits per heavy atom. The summed E-state index contributed by atoms with van der Waals surface area (Å²) in [6.07, 6.45) is 8.10. The second-order valence-electron chi connectivity index (χ2n) is 8.44. The zero-order valence-corrected chi connectivity index (χ0v) is 16.2. The highest BCUT2D eigenvalue weighted by Crippen LogP contribution is 2.62. The molecule has 0 spiro atoms. The van der Waals surface area contributed by atoms with Crippen molar-refractivity contribution in [2.24, 2.45) is 22.7 Å². The van der Waals surface area contributed by atoms with Crippen LogP contribution in [0, 0.1) is 22.7 Å². The van der Waals surface area contributed by atoms with Gasteiger partial charge in [0.15, 0.2) is 0 Å². The highest BCUT2D eigenvalue weighted by Gasteiger charge is 2.59. The molecule has 1 fully saturated rings. The van der Waals surface area contributed by atoms with Crippen molar-refractivity contribution < 1.29 is 24.2 Å². The Kier molecular flexibility index (Phi) is 5.04. The number of carboxylic acids is 1. The van der Waals surface area contributed by atoms with E-state index >= 15 is 0 Å². The fourth-order valence-corrected chi connectivity index (χ4v) is 5.55. The summed E-state index contributed by atoms with van der Waals surface area (Å²) < 4.78 is 10.2. The SMILES string of the molecule is COC1C=C(CC[C@]2(C)[C@H](C)CC[C@@]3(C(=O)O)C(C)=CCC[C@H]32)C(=O)O1. The van der Waals surface area contributed by atoms with Gasteiger partial charge >= 0.3 is 11.9 Å². The van der Waals surface area contributed by atoms with Gasteiger partial charge in [-0.25, -0.2) is 4.79 Å². The van der Waals surface area contributed by atoms with Crippen LogP contribution in [0.3, 0.4) is 0 Å². The third-order valence-corrected chi connectivity index (χ3v) is 7.47. The second-order valence-corrected chi connectivity index (χ2v) is 8.44. The quantitative estimate of drug-likeness (QED) is 0.589. The van der Waals surface area contributed by atoms with E-state index in [4.69, 9.17) is 9.47 Å². The van der Waals surface area contributed by atoms with E-state index in [1.165, 1.54) is 7.11 Å². The molecule has 1 aliphatic heterocycles. The molecule has 0 saturated heterocycles. The van der Waals surface area contributed by atoms with Crippen molar-refractivity contribution >= 4 is 11.9 Å². The van der Waals surface area contributed by atoms with Crippen molar-refractivity contribution in [1.29, 1.82) is 0 Å². The van der Waals surface area contributed by atoms with Crippen LogP contribution in [0.4, 0.5) is 0 Å². The molecule has 2 aliphatic carbocycles. The van der Waals surface area contributed by atoms with Crippen LogP contribution >= 0.6 is 0 Å². The summed E-state index contributed by atoms with van der Waals surface area (Å²) in [4.78, 5) is 24.4. The first kappa shape index (κ1) is 19.2. The molecular formula is C21H30O5. The predicted octanol–water partition coefficient (Wildman–Crippen LogP) is 4.09. The number of allylic oxidation sites excluding steroid dienone is 1. The molecule has 3 rings (SSSR count). The lowest BCUT2D eigenvalue weighted by Gasteiger charge is -2.57. The number of carbonyl (C=O) groups is 2. The van der Waals surface area contributed by atoms with Gasteiger partial charge in [0.05, 0.1) is 5.41 Å². The number of rotatable bonds is 5. The minimum absolute atomic E-state index is 0.0949. The Morgan fingerprint density at radius 1 is 1.42 bits per heavy atom. The van der Waals surface area contributed by atoms with Gasteiger partial charge in [-0.05, 0) is 68.8 Å². The molecule has 5 heteroatoms. The van der Waals surface area contributed by atoms with Gasteiger partial charge in [0.2, 0.25) is 6.29 Å². The Balaban J connectivity index is 1.88. The van der Waals surface area contributed by atoms with Crippen LogP contribution in [-0.2, 0) is 19.1 Å². The molecule has 0 amide bonds. The highest BCUT2D eigenvalue weighted by molar-refractivity contribution is 5.90. The third kappa shape index (κ3) is 2.81. The van der Waals surface area contributed by atoms with E-state index in [0.29, 0.717) is 24.3 Å². The highest BCUT2D eigenvalue weighted by atomic mass is 16.7. The van der Waals surface area contributed by atoms with Gasteiger partial charge in [-0.15, -0.1) is 0 Å². The van der Waals surface area contributed by atoms with E-state index in [1.54, 1.807) is 6.08 Å². The van der Waals surface area contributed by atoms with Gasteiger partial charge in [0.1, 0.15) is 0 Å². The summed E-state index contributed by atoms with van der Waals surface area (Å²) in [6, 6.07) is 0. The van der Waals surface area contributed by atoms with Crippen molar-refractivity contribution in [2.75, 3.05) is 7.11 Å². The summed E-state index contributed by atoms with van der Waals surface area (Å²) in [7, 11) is 1.51. The van der Waals surface area contributed by atoms with Crippen LogP contribution in [0.1, 0.15) is 59.3 Å². The number of methoxy groups -OCH3 is 1. The van der Waals surface area contributed by atoms with Gasteiger partial charge in [-0.1, -0.05) is 25.5 Å². The number of ether oxygens (including phenoxy) is 2. The second kappa shape index (κ2) is 6.84. The average Bonchev–Trinajstić information content (AvgIpc) is 2.97. The van der Waals surface area contributed by atoms with E-state index in [0.717, 1.165) is 31.3 Å². The Hall–Kier alpha value is -1.62. The number of esters is 1. The number of hydrogen-bond acceptors (Lipinski definition) is 4. The Morgan fingerprint density at radius 2 is 2.15 bits per heavy atom. The summed E-state index contributed by atoms with van der Waals surface area (Å²) in [5.41, 5.74) is 0.788. The molecule has 0 aromatic carbocycles. The molecular weight excluding hydrogens is 332 g/mol. The van der Waals surface area contributed by atoms with Crippen LogP contribution in [0.15, 0.2) is 23.3 Å². The summed E-state index contributed by atoms with van der Waals surface area (Å²) in [5, 5.41) is 10.2. The molecule has 0 bridgehead atoms. The summed E-state index contributed by atoms with van der Waals surface area (Å²) in [5.74, 6) is -0.485. The topological polar surface area (TPSA) is 72.8 Å². The molecule has 0 aromatic heterocycles. The maximum atomic E-state index is 12.4. The maximum Gasteiger partial charge on any atom is 0.336 e. The van der Waals surface area contributed by atoms with Gasteiger partial charge in [-0.3, -0.25) is 4.79 Å². The first-order valence-electron chi connectivity index (χ1n) is 9.61. The van der Waals surface area contributed by atoms with Crippen molar-refractivity contribution in [1.82, 2.24) is 0 Å². The van der Waals surface area contributed by atoms with Crippen molar-refractivity contribution in [2.45, 2.75) is 65.6 Å². The predicted molar refractivity (Wildman–Crippen MR) is 97.3 cm³/mol. The number of cyclic esters (lactones) is 1. The average molecular weight is 362 g/mol. The molecule has 26 heavy (non-hydrogen) atoms. The van der Waals surface area contributed by atoms with Gasteiger partial charge in [0, 0.05) is 12.7 Å². The van der Waals surface area contributed by atoms with Crippen LogP contribution < -0.4 is 0 Å². The molecule has 5 atom stereocenters. The van der Waals surface area contributed by atoms with Crippen LogP contribution in [-0.4, -0.2) is 30.4 Å². The van der Waals surface area contributed by atoms with E-state index in [9.17, 15) is 14.7 Å². The van der Waals surface area contributed by atoms with Crippen LogP contribution in [0.5, 0.6) is 0 Å². The number of carboxylic acid groups (broad SMARTS) is 1. The molecule has 0 radical (unpaired) electrons.